The smallest absolute Gasteiger partial charge is 0.176 e. The average molecular weight is 205 g/mol. The van der Waals surface area contributed by atoms with E-state index in [1.54, 1.807) is 0 Å². The summed E-state index contributed by atoms with van der Waals surface area (Å²) in [7, 11) is 1.97. The number of carbonyl (C=O) groups is 1. The lowest BCUT2D eigenvalue weighted by molar-refractivity contribution is 0.0929. The van der Waals surface area contributed by atoms with Crippen molar-refractivity contribution >= 4 is 5.78 Å². The summed E-state index contributed by atoms with van der Waals surface area (Å²) in [5.41, 5.74) is 1.94. The Balaban J connectivity index is 2.69. The lowest BCUT2D eigenvalue weighted by Crippen LogP contribution is -2.31. The molecular weight excluding hydrogens is 186 g/mol. The van der Waals surface area contributed by atoms with Crippen LogP contribution in [0.4, 0.5) is 0 Å². The molecule has 0 radical (unpaired) electrons. The first-order chi connectivity index (χ1) is 7.00. The van der Waals surface area contributed by atoms with Crippen molar-refractivity contribution in [3.05, 3.63) is 35.4 Å². The number of nitrogens with zero attached hydrogens (tertiary/aromatic N) is 1. The van der Waals surface area contributed by atoms with E-state index in [4.69, 9.17) is 0 Å². The van der Waals surface area contributed by atoms with Crippen molar-refractivity contribution in [2.24, 2.45) is 0 Å². The Bertz CT molecular complexity index is 344. The molecule has 82 valence electrons. The highest BCUT2D eigenvalue weighted by Gasteiger charge is 2.11. The molecule has 0 spiro atoms. The maximum atomic E-state index is 11.9. The lowest BCUT2D eigenvalue weighted by atomic mass is 10.1. The molecule has 2 nitrogen and oxygen atoms in total. The zero-order valence-corrected chi connectivity index (χ0v) is 9.95. The number of ketones is 1. The molecule has 0 bridgehead atoms. The van der Waals surface area contributed by atoms with Crippen molar-refractivity contribution in [1.29, 1.82) is 0 Å². The van der Waals surface area contributed by atoms with Crippen molar-refractivity contribution in [2.75, 3.05) is 13.6 Å². The van der Waals surface area contributed by atoms with Crippen LogP contribution in [0.2, 0.25) is 0 Å². The molecule has 0 heterocycles. The molecule has 0 aliphatic heterocycles. The maximum Gasteiger partial charge on any atom is 0.176 e. The number of benzene rings is 1. The summed E-state index contributed by atoms with van der Waals surface area (Å²) >= 11 is 0. The highest BCUT2D eigenvalue weighted by atomic mass is 16.1. The second-order valence-electron chi connectivity index (χ2n) is 4.30. The summed E-state index contributed by atoms with van der Waals surface area (Å²) in [6.07, 6.45) is 0. The second kappa shape index (κ2) is 5.08. The average Bonchev–Trinajstić information content (AvgIpc) is 2.17. The van der Waals surface area contributed by atoms with E-state index in [0.717, 1.165) is 11.1 Å². The Kier molecular flexibility index (Phi) is 4.04. The van der Waals surface area contributed by atoms with Gasteiger partial charge in [0.25, 0.3) is 0 Å². The van der Waals surface area contributed by atoms with Crippen molar-refractivity contribution in [3.63, 3.8) is 0 Å². The molecule has 0 saturated heterocycles. The van der Waals surface area contributed by atoms with E-state index in [0.29, 0.717) is 12.6 Å². The van der Waals surface area contributed by atoms with Gasteiger partial charge in [0.15, 0.2) is 5.78 Å². The molecule has 1 aromatic rings. The molecule has 0 aliphatic carbocycles. The Hall–Kier alpha value is -1.15. The molecule has 15 heavy (non-hydrogen) atoms. The highest BCUT2D eigenvalue weighted by Crippen LogP contribution is 2.06. The van der Waals surface area contributed by atoms with E-state index >= 15 is 0 Å². The maximum absolute atomic E-state index is 11.9. The van der Waals surface area contributed by atoms with Crippen LogP contribution >= 0.6 is 0 Å². The third-order valence-corrected chi connectivity index (χ3v) is 2.61. The molecule has 0 amide bonds. The fourth-order valence-electron chi connectivity index (χ4n) is 1.32. The molecule has 2 heteroatoms. The summed E-state index contributed by atoms with van der Waals surface area (Å²) in [6, 6.07) is 8.15. The van der Waals surface area contributed by atoms with Crippen LogP contribution in [-0.2, 0) is 0 Å². The van der Waals surface area contributed by atoms with Gasteiger partial charge in [-0.1, -0.05) is 23.8 Å². The second-order valence-corrected chi connectivity index (χ2v) is 4.30. The first kappa shape index (κ1) is 11.9. The van der Waals surface area contributed by atoms with Gasteiger partial charge >= 0.3 is 0 Å². The first-order valence-electron chi connectivity index (χ1n) is 5.31. The quantitative estimate of drug-likeness (QED) is 0.704. The number of hydrogen-bond donors (Lipinski definition) is 0. The predicted octanol–water partition coefficient (Wildman–Crippen LogP) is 2.52. The first-order valence-corrected chi connectivity index (χ1v) is 5.31. The SMILES string of the molecule is Cc1cccc(C(=O)CN(C)C(C)C)c1. The molecule has 0 atom stereocenters. The van der Waals surface area contributed by atoms with Crippen LogP contribution in [0, 0.1) is 6.92 Å². The van der Waals surface area contributed by atoms with Gasteiger partial charge in [0.05, 0.1) is 6.54 Å². The summed E-state index contributed by atoms with van der Waals surface area (Å²) < 4.78 is 0. The molecule has 1 aromatic carbocycles. The normalized spacial score (nSPS) is 11.1. The molecular formula is C13H19NO. The molecule has 0 aliphatic rings. The summed E-state index contributed by atoms with van der Waals surface area (Å²) in [6.45, 7) is 6.66. The Morgan fingerprint density at radius 3 is 2.60 bits per heavy atom. The topological polar surface area (TPSA) is 20.3 Å². The van der Waals surface area contributed by atoms with Crippen LogP contribution in [0.15, 0.2) is 24.3 Å². The Labute approximate surface area is 91.9 Å². The number of aryl methyl sites for hydroxylation is 1. The molecule has 0 unspecified atom stereocenters. The van der Waals surface area contributed by atoms with E-state index in [1.165, 1.54) is 0 Å². The van der Waals surface area contributed by atoms with Crippen LogP contribution in [0.5, 0.6) is 0 Å². The van der Waals surface area contributed by atoms with Gasteiger partial charge in [0, 0.05) is 11.6 Å². The molecule has 0 fully saturated rings. The van der Waals surface area contributed by atoms with Crippen LogP contribution in [0.3, 0.4) is 0 Å². The van der Waals surface area contributed by atoms with Gasteiger partial charge in [-0.2, -0.15) is 0 Å². The van der Waals surface area contributed by atoms with Crippen molar-refractivity contribution in [3.8, 4) is 0 Å². The van der Waals surface area contributed by atoms with E-state index < -0.39 is 0 Å². The van der Waals surface area contributed by atoms with Gasteiger partial charge in [0.1, 0.15) is 0 Å². The number of likely N-dealkylation sites (N-methyl/N-ethyl adjacent to an activating group) is 1. The van der Waals surface area contributed by atoms with Crippen LogP contribution in [0.1, 0.15) is 29.8 Å². The number of hydrogen-bond acceptors (Lipinski definition) is 2. The highest BCUT2D eigenvalue weighted by molar-refractivity contribution is 5.97. The fourth-order valence-corrected chi connectivity index (χ4v) is 1.32. The number of Topliss-reactive ketones (excluding diaryl/α,β-unsaturated/α-hetero) is 1. The summed E-state index contributed by atoms with van der Waals surface area (Å²) in [5, 5.41) is 0. The van der Waals surface area contributed by atoms with E-state index in [1.807, 2.05) is 43.1 Å². The third kappa shape index (κ3) is 3.48. The molecule has 0 N–H and O–H groups in total. The van der Waals surface area contributed by atoms with E-state index in [2.05, 4.69) is 13.8 Å². The number of carbonyl (C=O) groups excluding carboxylic acids is 1. The van der Waals surface area contributed by atoms with E-state index in [-0.39, 0.29) is 5.78 Å². The van der Waals surface area contributed by atoms with Crippen LogP contribution in [-0.4, -0.2) is 30.3 Å². The minimum absolute atomic E-state index is 0.190. The number of rotatable bonds is 4. The van der Waals surface area contributed by atoms with Gasteiger partial charge in [-0.15, -0.1) is 0 Å². The Morgan fingerprint density at radius 1 is 1.40 bits per heavy atom. The Morgan fingerprint density at radius 2 is 2.07 bits per heavy atom. The van der Waals surface area contributed by atoms with Crippen molar-refractivity contribution < 1.29 is 4.79 Å². The lowest BCUT2D eigenvalue weighted by Gasteiger charge is -2.19. The zero-order chi connectivity index (χ0) is 11.4. The minimum Gasteiger partial charge on any atom is -0.296 e. The van der Waals surface area contributed by atoms with Gasteiger partial charge < -0.3 is 0 Å². The van der Waals surface area contributed by atoms with Gasteiger partial charge in [-0.25, -0.2) is 0 Å². The van der Waals surface area contributed by atoms with Gasteiger partial charge in [-0.3, -0.25) is 9.69 Å². The zero-order valence-electron chi connectivity index (χ0n) is 9.95. The van der Waals surface area contributed by atoms with Gasteiger partial charge in [-0.05, 0) is 33.9 Å². The minimum atomic E-state index is 0.190. The molecule has 0 saturated carbocycles. The third-order valence-electron chi connectivity index (χ3n) is 2.61. The summed E-state index contributed by atoms with van der Waals surface area (Å²) in [5.74, 6) is 0.190. The summed E-state index contributed by atoms with van der Waals surface area (Å²) in [4.78, 5) is 13.9. The molecule has 1 rings (SSSR count). The van der Waals surface area contributed by atoms with Crippen molar-refractivity contribution in [1.82, 2.24) is 4.90 Å². The molecule has 0 aromatic heterocycles. The van der Waals surface area contributed by atoms with Gasteiger partial charge in [0.2, 0.25) is 0 Å². The van der Waals surface area contributed by atoms with E-state index in [9.17, 15) is 4.79 Å². The fraction of sp³-hybridized carbons (Fsp3) is 0.462. The largest absolute Gasteiger partial charge is 0.296 e. The van der Waals surface area contributed by atoms with Crippen molar-refractivity contribution in [2.45, 2.75) is 26.8 Å². The standard InChI is InChI=1S/C13H19NO/c1-10(2)14(4)9-13(15)12-7-5-6-11(3)8-12/h5-8,10H,9H2,1-4H3. The van der Waals surface area contributed by atoms with Crippen LogP contribution in [0.25, 0.3) is 0 Å². The predicted molar refractivity (Wildman–Crippen MR) is 63.3 cm³/mol. The monoisotopic (exact) mass is 205 g/mol. The van der Waals surface area contributed by atoms with Crippen LogP contribution < -0.4 is 0 Å².